The first kappa shape index (κ1) is 22.1. The summed E-state index contributed by atoms with van der Waals surface area (Å²) < 4.78 is 43.4. The van der Waals surface area contributed by atoms with E-state index >= 15 is 0 Å². The van der Waals surface area contributed by atoms with Crippen molar-refractivity contribution < 1.29 is 42.8 Å². The Kier molecular flexibility index (Phi) is 8.21. The second kappa shape index (κ2) is 10.4. The fourth-order valence-electron chi connectivity index (χ4n) is 3.03. The van der Waals surface area contributed by atoms with Crippen molar-refractivity contribution in [2.75, 3.05) is 44.7 Å². The van der Waals surface area contributed by atoms with Crippen molar-refractivity contribution >= 4 is 17.6 Å². The lowest BCUT2D eigenvalue weighted by Crippen LogP contribution is -3.14. The number of benzene rings is 1. The number of hydrogen-bond acceptors (Lipinski definition) is 4. The molecule has 1 heterocycles. The summed E-state index contributed by atoms with van der Waals surface area (Å²) in [5.41, 5.74) is -0.924. The maximum absolute atomic E-state index is 12.7. The summed E-state index contributed by atoms with van der Waals surface area (Å²) in [5.74, 6) is -2.05. The van der Waals surface area contributed by atoms with Crippen molar-refractivity contribution in [2.45, 2.75) is 25.1 Å². The number of carboxylic acids is 1. The number of rotatable bonds is 9. The molecule has 0 saturated carbocycles. The average molecular weight is 404 g/mol. The number of amides is 1. The maximum atomic E-state index is 12.7. The van der Waals surface area contributed by atoms with Crippen molar-refractivity contribution in [2.24, 2.45) is 0 Å². The second-order valence-electron chi connectivity index (χ2n) is 6.75. The smallest absolute Gasteiger partial charge is 0.416 e. The number of carbonyl (C=O) groups is 2. The number of aliphatic carboxylic acids is 1. The Bertz CT molecular complexity index is 664. The van der Waals surface area contributed by atoms with Crippen molar-refractivity contribution in [1.82, 2.24) is 0 Å². The van der Waals surface area contributed by atoms with E-state index < -0.39 is 29.7 Å². The van der Waals surface area contributed by atoms with Gasteiger partial charge in [0.1, 0.15) is 19.1 Å². The van der Waals surface area contributed by atoms with Gasteiger partial charge in [0.05, 0.1) is 44.3 Å². The molecular weight excluding hydrogens is 379 g/mol. The number of nitrogens with one attached hydrogen (secondary N) is 2. The van der Waals surface area contributed by atoms with Crippen LogP contribution in [0.1, 0.15) is 18.4 Å². The third kappa shape index (κ3) is 7.45. The van der Waals surface area contributed by atoms with E-state index in [1.807, 2.05) is 0 Å². The van der Waals surface area contributed by atoms with E-state index in [0.29, 0.717) is 6.54 Å². The van der Waals surface area contributed by atoms with Gasteiger partial charge in [-0.1, -0.05) is 6.07 Å². The van der Waals surface area contributed by atoms with Gasteiger partial charge >= 0.3 is 6.18 Å². The normalized spacial score (nSPS) is 16.5. The molecule has 7 nitrogen and oxygen atoms in total. The first-order chi connectivity index (χ1) is 13.3. The van der Waals surface area contributed by atoms with Crippen LogP contribution in [0.4, 0.5) is 18.9 Å². The molecule has 1 saturated heterocycles. The minimum atomic E-state index is -4.52. The zero-order valence-corrected chi connectivity index (χ0v) is 15.4. The van der Waals surface area contributed by atoms with Gasteiger partial charge in [0.2, 0.25) is 5.91 Å². The predicted molar refractivity (Wildman–Crippen MR) is 91.3 cm³/mol. The largest absolute Gasteiger partial charge is 0.544 e. The number of alkyl halides is 3. The van der Waals surface area contributed by atoms with Crippen LogP contribution < -0.4 is 20.6 Å². The van der Waals surface area contributed by atoms with Crippen molar-refractivity contribution in [3.63, 3.8) is 0 Å². The molecular formula is C18H25F3N3O4+. The standard InChI is InChI=1S/C18H24F3N3O4/c19-18(20,21)13-3-1-4-14(11-13)23-16(25)12-15(17(26)27)22-5-2-6-24-7-9-28-10-8-24/h1,3-4,11,15,22H,2,5-10,12H2,(H,23,25)(H,26,27)/p+1/t15-/m1/s1. The Hall–Kier alpha value is -2.17. The first-order valence-electron chi connectivity index (χ1n) is 9.18. The molecule has 4 N–H and O–H groups in total. The first-order valence-corrected chi connectivity index (χ1v) is 9.18. The summed E-state index contributed by atoms with van der Waals surface area (Å²) in [6.07, 6.45) is -4.14. The highest BCUT2D eigenvalue weighted by atomic mass is 19.4. The highest BCUT2D eigenvalue weighted by Crippen LogP contribution is 2.30. The summed E-state index contributed by atoms with van der Waals surface area (Å²) in [5, 5.41) is 15.1. The van der Waals surface area contributed by atoms with Crippen LogP contribution in [0.3, 0.4) is 0 Å². The van der Waals surface area contributed by atoms with E-state index in [-0.39, 0.29) is 12.1 Å². The number of nitrogens with two attached hydrogens (primary N) is 1. The van der Waals surface area contributed by atoms with E-state index in [9.17, 15) is 27.9 Å². The van der Waals surface area contributed by atoms with Gasteiger partial charge in [-0.3, -0.25) is 4.79 Å². The van der Waals surface area contributed by atoms with Gasteiger partial charge in [-0.05, 0) is 18.2 Å². The van der Waals surface area contributed by atoms with E-state index in [0.717, 1.165) is 51.4 Å². The van der Waals surface area contributed by atoms with Crippen LogP contribution in [0.2, 0.25) is 0 Å². The lowest BCUT2D eigenvalue weighted by atomic mass is 10.1. The molecule has 2 rings (SSSR count). The molecule has 1 aliphatic rings. The SMILES string of the molecule is O=C(C[C@@H]([NH2+]CCC[NH+]1CCOCC1)C(=O)[O-])Nc1cccc(C(F)(F)F)c1. The molecule has 0 aromatic heterocycles. The Labute approximate surface area is 160 Å². The van der Waals surface area contributed by atoms with Gasteiger partial charge in [-0.25, -0.2) is 0 Å². The van der Waals surface area contributed by atoms with Crippen LogP contribution in [-0.2, 0) is 20.5 Å². The molecule has 1 aromatic rings. The molecule has 0 spiro atoms. The Morgan fingerprint density at radius 3 is 2.64 bits per heavy atom. The van der Waals surface area contributed by atoms with Gasteiger partial charge in [-0.2, -0.15) is 13.2 Å². The number of quaternary nitrogens is 2. The van der Waals surface area contributed by atoms with Crippen LogP contribution in [0.5, 0.6) is 0 Å². The van der Waals surface area contributed by atoms with Crippen molar-refractivity contribution in [3.8, 4) is 0 Å². The monoisotopic (exact) mass is 404 g/mol. The molecule has 0 bridgehead atoms. The summed E-state index contributed by atoms with van der Waals surface area (Å²) >= 11 is 0. The van der Waals surface area contributed by atoms with Gasteiger partial charge < -0.3 is 30.2 Å². The van der Waals surface area contributed by atoms with Crippen molar-refractivity contribution in [1.29, 1.82) is 0 Å². The molecule has 0 radical (unpaired) electrons. The van der Waals surface area contributed by atoms with Crippen LogP contribution >= 0.6 is 0 Å². The third-order valence-corrected chi connectivity index (χ3v) is 4.57. The third-order valence-electron chi connectivity index (χ3n) is 4.57. The molecule has 1 fully saturated rings. The molecule has 1 amide bonds. The average Bonchev–Trinajstić information content (AvgIpc) is 2.64. The van der Waals surface area contributed by atoms with E-state index in [2.05, 4.69) is 5.32 Å². The molecule has 0 aliphatic carbocycles. The fourth-order valence-corrected chi connectivity index (χ4v) is 3.03. The van der Waals surface area contributed by atoms with Gasteiger partial charge in [-0.15, -0.1) is 0 Å². The number of anilines is 1. The lowest BCUT2D eigenvalue weighted by molar-refractivity contribution is -0.909. The summed E-state index contributed by atoms with van der Waals surface area (Å²) in [6, 6.07) is 3.10. The molecule has 10 heteroatoms. The molecule has 1 atom stereocenters. The number of morpholine rings is 1. The predicted octanol–water partition coefficient (Wildman–Crippen LogP) is -1.98. The van der Waals surface area contributed by atoms with Gasteiger partial charge in [0, 0.05) is 12.1 Å². The van der Waals surface area contributed by atoms with Crippen LogP contribution in [0.25, 0.3) is 0 Å². The molecule has 1 aromatic carbocycles. The molecule has 156 valence electrons. The van der Waals surface area contributed by atoms with Crippen molar-refractivity contribution in [3.05, 3.63) is 29.8 Å². The van der Waals surface area contributed by atoms with Crippen LogP contribution in [-0.4, -0.2) is 57.3 Å². The van der Waals surface area contributed by atoms with E-state index in [1.54, 1.807) is 0 Å². The second-order valence-corrected chi connectivity index (χ2v) is 6.75. The summed E-state index contributed by atoms with van der Waals surface area (Å²) in [6.45, 7) is 4.68. The summed E-state index contributed by atoms with van der Waals surface area (Å²) in [7, 11) is 0. The van der Waals surface area contributed by atoms with Crippen LogP contribution in [0, 0.1) is 0 Å². The zero-order chi connectivity index (χ0) is 20.6. The minimum absolute atomic E-state index is 0.0344. The number of halogens is 3. The zero-order valence-electron chi connectivity index (χ0n) is 15.4. The van der Waals surface area contributed by atoms with Crippen LogP contribution in [0.15, 0.2) is 24.3 Å². The quantitative estimate of drug-likeness (QED) is 0.416. The molecule has 1 aliphatic heterocycles. The number of hydrogen-bond donors (Lipinski definition) is 3. The highest BCUT2D eigenvalue weighted by molar-refractivity contribution is 5.93. The summed E-state index contributed by atoms with van der Waals surface area (Å²) in [4.78, 5) is 24.7. The molecule has 0 unspecified atom stereocenters. The number of carbonyl (C=O) groups excluding carboxylic acids is 2. The van der Waals surface area contributed by atoms with Gasteiger partial charge in [0.25, 0.3) is 0 Å². The Balaban J connectivity index is 1.79. The maximum Gasteiger partial charge on any atom is 0.416 e. The number of carboxylic acid groups (broad SMARTS) is 1. The Morgan fingerprint density at radius 2 is 2.00 bits per heavy atom. The fraction of sp³-hybridized carbons (Fsp3) is 0.556. The minimum Gasteiger partial charge on any atom is -0.544 e. The van der Waals surface area contributed by atoms with E-state index in [1.165, 1.54) is 22.3 Å². The topological polar surface area (TPSA) is 99.5 Å². The number of ether oxygens (including phenoxy) is 1. The van der Waals surface area contributed by atoms with E-state index in [4.69, 9.17) is 4.74 Å². The Morgan fingerprint density at radius 1 is 1.29 bits per heavy atom. The van der Waals surface area contributed by atoms with Gasteiger partial charge in [0.15, 0.2) is 0 Å². The molecule has 28 heavy (non-hydrogen) atoms. The highest BCUT2D eigenvalue weighted by Gasteiger charge is 2.30. The lowest BCUT2D eigenvalue weighted by Gasteiger charge is -2.23.